The third kappa shape index (κ3) is 2.77. The Labute approximate surface area is 111 Å². The minimum atomic E-state index is -0.866. The SMILES string of the molecule is Cc1c(CNC(=O)C2CCCC2C(=O)O)cnn1C. The second kappa shape index (κ2) is 5.42. The van der Waals surface area contributed by atoms with E-state index >= 15 is 0 Å². The molecule has 0 aromatic carbocycles. The van der Waals surface area contributed by atoms with Crippen LogP contribution >= 0.6 is 0 Å². The van der Waals surface area contributed by atoms with Crippen LogP contribution in [0.1, 0.15) is 30.5 Å². The topological polar surface area (TPSA) is 84.2 Å². The first-order valence-corrected chi connectivity index (χ1v) is 6.48. The zero-order valence-corrected chi connectivity index (χ0v) is 11.2. The van der Waals surface area contributed by atoms with Gasteiger partial charge in [0.05, 0.1) is 18.0 Å². The van der Waals surface area contributed by atoms with Crippen LogP contribution in [-0.2, 0) is 23.2 Å². The number of amides is 1. The number of hydrogen-bond donors (Lipinski definition) is 2. The van der Waals surface area contributed by atoms with Gasteiger partial charge in [-0.1, -0.05) is 6.42 Å². The summed E-state index contributed by atoms with van der Waals surface area (Å²) in [5.74, 6) is -1.95. The van der Waals surface area contributed by atoms with Crippen LogP contribution in [0.2, 0.25) is 0 Å². The van der Waals surface area contributed by atoms with E-state index in [1.165, 1.54) is 0 Å². The molecule has 0 radical (unpaired) electrons. The number of aliphatic carboxylic acids is 1. The second-order valence-electron chi connectivity index (χ2n) is 5.08. The third-order valence-electron chi connectivity index (χ3n) is 3.96. The Morgan fingerprint density at radius 3 is 2.74 bits per heavy atom. The lowest BCUT2D eigenvalue weighted by atomic mass is 9.95. The van der Waals surface area contributed by atoms with Crippen LogP contribution in [-0.4, -0.2) is 26.8 Å². The predicted molar refractivity (Wildman–Crippen MR) is 68.3 cm³/mol. The van der Waals surface area contributed by atoms with Gasteiger partial charge < -0.3 is 10.4 Å². The Morgan fingerprint density at radius 1 is 1.47 bits per heavy atom. The average Bonchev–Trinajstić information content (AvgIpc) is 2.96. The summed E-state index contributed by atoms with van der Waals surface area (Å²) in [5.41, 5.74) is 1.96. The fourth-order valence-electron chi connectivity index (χ4n) is 2.60. The van der Waals surface area contributed by atoms with E-state index in [9.17, 15) is 9.59 Å². The maximum atomic E-state index is 12.0. The molecule has 1 aromatic rings. The van der Waals surface area contributed by atoms with E-state index in [-0.39, 0.29) is 5.91 Å². The molecule has 0 aliphatic heterocycles. The van der Waals surface area contributed by atoms with E-state index in [4.69, 9.17) is 5.11 Å². The molecule has 2 N–H and O–H groups in total. The van der Waals surface area contributed by atoms with Gasteiger partial charge in [-0.3, -0.25) is 14.3 Å². The van der Waals surface area contributed by atoms with Gasteiger partial charge in [0.1, 0.15) is 0 Å². The van der Waals surface area contributed by atoms with Crippen LogP contribution in [0.15, 0.2) is 6.20 Å². The van der Waals surface area contributed by atoms with Crippen molar-refractivity contribution in [2.45, 2.75) is 32.7 Å². The number of carbonyl (C=O) groups excluding carboxylic acids is 1. The van der Waals surface area contributed by atoms with Crippen LogP contribution in [0.25, 0.3) is 0 Å². The molecule has 1 aliphatic rings. The molecule has 1 amide bonds. The minimum absolute atomic E-state index is 0.159. The summed E-state index contributed by atoms with van der Waals surface area (Å²) in [6.45, 7) is 2.34. The van der Waals surface area contributed by atoms with Crippen molar-refractivity contribution in [1.82, 2.24) is 15.1 Å². The summed E-state index contributed by atoms with van der Waals surface area (Å²) in [4.78, 5) is 23.1. The first-order valence-electron chi connectivity index (χ1n) is 6.48. The lowest BCUT2D eigenvalue weighted by molar-refractivity contribution is -0.146. The van der Waals surface area contributed by atoms with Crippen LogP contribution in [0.4, 0.5) is 0 Å². The molecule has 6 nitrogen and oxygen atoms in total. The van der Waals surface area contributed by atoms with Gasteiger partial charge >= 0.3 is 5.97 Å². The van der Waals surface area contributed by atoms with E-state index in [1.54, 1.807) is 10.9 Å². The lowest BCUT2D eigenvalue weighted by Gasteiger charge is -2.15. The van der Waals surface area contributed by atoms with Gasteiger partial charge in [-0.2, -0.15) is 5.10 Å². The Bertz CT molecular complexity index is 495. The summed E-state index contributed by atoms with van der Waals surface area (Å²) < 4.78 is 1.75. The highest BCUT2D eigenvalue weighted by Gasteiger charge is 2.37. The highest BCUT2D eigenvalue weighted by Crippen LogP contribution is 2.32. The van der Waals surface area contributed by atoms with Gasteiger partial charge in [0.2, 0.25) is 5.91 Å². The zero-order chi connectivity index (χ0) is 14.0. The third-order valence-corrected chi connectivity index (χ3v) is 3.96. The maximum absolute atomic E-state index is 12.0. The van der Waals surface area contributed by atoms with Crippen molar-refractivity contribution in [2.75, 3.05) is 0 Å². The molecule has 1 aromatic heterocycles. The summed E-state index contributed by atoms with van der Waals surface area (Å²) in [5, 5.41) is 16.0. The van der Waals surface area contributed by atoms with Crippen LogP contribution in [0.3, 0.4) is 0 Å². The van der Waals surface area contributed by atoms with E-state index in [1.807, 2.05) is 14.0 Å². The lowest BCUT2D eigenvalue weighted by Crippen LogP contribution is -2.35. The van der Waals surface area contributed by atoms with Crippen molar-refractivity contribution in [3.8, 4) is 0 Å². The van der Waals surface area contributed by atoms with Crippen molar-refractivity contribution in [1.29, 1.82) is 0 Å². The van der Waals surface area contributed by atoms with Crippen molar-refractivity contribution >= 4 is 11.9 Å². The number of rotatable bonds is 4. The molecule has 2 unspecified atom stereocenters. The molecular weight excluding hydrogens is 246 g/mol. The standard InChI is InChI=1S/C13H19N3O3/c1-8-9(7-15-16(8)2)6-14-12(17)10-4-3-5-11(10)13(18)19/h7,10-11H,3-6H2,1-2H3,(H,14,17)(H,18,19). The number of nitrogens with zero attached hydrogens (tertiary/aromatic N) is 2. The molecule has 0 bridgehead atoms. The van der Waals surface area contributed by atoms with Crippen molar-refractivity contribution in [3.63, 3.8) is 0 Å². The van der Waals surface area contributed by atoms with Crippen LogP contribution in [0, 0.1) is 18.8 Å². The minimum Gasteiger partial charge on any atom is -0.481 e. The Balaban J connectivity index is 1.94. The molecule has 2 rings (SSSR count). The van der Waals surface area contributed by atoms with Gasteiger partial charge in [0, 0.05) is 24.8 Å². The van der Waals surface area contributed by atoms with E-state index in [0.29, 0.717) is 19.4 Å². The number of aryl methyl sites for hydroxylation is 1. The van der Waals surface area contributed by atoms with E-state index in [0.717, 1.165) is 17.7 Å². The molecule has 1 saturated carbocycles. The van der Waals surface area contributed by atoms with Gasteiger partial charge in [-0.05, 0) is 19.8 Å². The summed E-state index contributed by atoms with van der Waals surface area (Å²) >= 11 is 0. The zero-order valence-electron chi connectivity index (χ0n) is 11.2. The molecule has 2 atom stereocenters. The monoisotopic (exact) mass is 265 g/mol. The Hall–Kier alpha value is -1.85. The highest BCUT2D eigenvalue weighted by molar-refractivity contribution is 5.85. The quantitative estimate of drug-likeness (QED) is 0.845. The first kappa shape index (κ1) is 13.6. The molecular formula is C13H19N3O3. The normalized spacial score (nSPS) is 22.4. The maximum Gasteiger partial charge on any atom is 0.307 e. The summed E-state index contributed by atoms with van der Waals surface area (Å²) in [7, 11) is 1.85. The van der Waals surface area contributed by atoms with Crippen molar-refractivity contribution in [2.24, 2.45) is 18.9 Å². The van der Waals surface area contributed by atoms with Gasteiger partial charge in [0.15, 0.2) is 0 Å². The highest BCUT2D eigenvalue weighted by atomic mass is 16.4. The molecule has 104 valence electrons. The van der Waals surface area contributed by atoms with Gasteiger partial charge in [-0.15, -0.1) is 0 Å². The molecule has 1 heterocycles. The fraction of sp³-hybridized carbons (Fsp3) is 0.615. The first-order chi connectivity index (χ1) is 9.00. The van der Waals surface area contributed by atoms with E-state index < -0.39 is 17.8 Å². The molecule has 19 heavy (non-hydrogen) atoms. The van der Waals surface area contributed by atoms with Crippen LogP contribution in [0.5, 0.6) is 0 Å². The number of hydrogen-bond acceptors (Lipinski definition) is 3. The predicted octanol–water partition coefficient (Wildman–Crippen LogP) is 0.846. The smallest absolute Gasteiger partial charge is 0.307 e. The molecule has 6 heteroatoms. The molecule has 0 saturated heterocycles. The Kier molecular flexibility index (Phi) is 3.87. The molecule has 1 aliphatic carbocycles. The van der Waals surface area contributed by atoms with Gasteiger partial charge in [0.25, 0.3) is 0 Å². The number of carbonyl (C=O) groups is 2. The Morgan fingerprint density at radius 2 is 2.16 bits per heavy atom. The number of carboxylic acids is 1. The van der Waals surface area contributed by atoms with Gasteiger partial charge in [-0.25, -0.2) is 0 Å². The number of carboxylic acid groups (broad SMARTS) is 1. The van der Waals surface area contributed by atoms with Crippen molar-refractivity contribution in [3.05, 3.63) is 17.5 Å². The second-order valence-corrected chi connectivity index (χ2v) is 5.08. The van der Waals surface area contributed by atoms with Crippen molar-refractivity contribution < 1.29 is 14.7 Å². The summed E-state index contributed by atoms with van der Waals surface area (Å²) in [6.07, 6.45) is 3.79. The number of aromatic nitrogens is 2. The average molecular weight is 265 g/mol. The largest absolute Gasteiger partial charge is 0.481 e. The van der Waals surface area contributed by atoms with E-state index in [2.05, 4.69) is 10.4 Å². The summed E-state index contributed by atoms with van der Waals surface area (Å²) in [6, 6.07) is 0. The molecule has 0 spiro atoms. The van der Waals surface area contributed by atoms with Crippen LogP contribution < -0.4 is 5.32 Å². The molecule has 1 fully saturated rings. The fourth-order valence-corrected chi connectivity index (χ4v) is 2.60. The number of nitrogens with one attached hydrogen (secondary N) is 1.